The number of carbonyl (C=O) groups excluding carboxylic acids is 1. The number of anilines is 1. The molecular formula is C12H16BrNO2. The Morgan fingerprint density at radius 3 is 2.62 bits per heavy atom. The van der Waals surface area contributed by atoms with E-state index in [2.05, 4.69) is 15.9 Å². The number of carbonyl (C=O) groups is 1. The van der Waals surface area contributed by atoms with Crippen molar-refractivity contribution in [3.8, 4) is 0 Å². The Labute approximate surface area is 104 Å². The van der Waals surface area contributed by atoms with Crippen molar-refractivity contribution >= 4 is 27.6 Å². The van der Waals surface area contributed by atoms with Crippen molar-refractivity contribution in [2.45, 2.75) is 32.8 Å². The number of ether oxygens (including phenoxy) is 1. The number of rotatable bonds is 2. The zero-order valence-electron chi connectivity index (χ0n) is 9.71. The average molecular weight is 286 g/mol. The quantitative estimate of drug-likeness (QED) is 0.671. The highest BCUT2D eigenvalue weighted by molar-refractivity contribution is 9.10. The van der Waals surface area contributed by atoms with Crippen molar-refractivity contribution in [1.82, 2.24) is 0 Å². The van der Waals surface area contributed by atoms with Gasteiger partial charge < -0.3 is 10.5 Å². The third-order valence-electron chi connectivity index (χ3n) is 1.86. The molecule has 0 atom stereocenters. The summed E-state index contributed by atoms with van der Waals surface area (Å²) in [6.07, 6.45) is 0.197. The Kier molecular flexibility index (Phi) is 3.97. The number of nitrogen functional groups attached to an aromatic ring is 1. The molecule has 1 aromatic rings. The van der Waals surface area contributed by atoms with Gasteiger partial charge in [-0.15, -0.1) is 0 Å². The highest BCUT2D eigenvalue weighted by atomic mass is 79.9. The van der Waals surface area contributed by atoms with Crippen LogP contribution in [0.25, 0.3) is 0 Å². The second-order valence-electron chi connectivity index (χ2n) is 4.61. The Hall–Kier alpha value is -1.03. The van der Waals surface area contributed by atoms with E-state index in [9.17, 15) is 4.79 Å². The van der Waals surface area contributed by atoms with Crippen molar-refractivity contribution in [2.24, 2.45) is 0 Å². The van der Waals surface area contributed by atoms with Crippen molar-refractivity contribution in [3.05, 3.63) is 28.2 Å². The first kappa shape index (κ1) is 13.0. The molecule has 0 fully saturated rings. The SMILES string of the molecule is CC(C)(C)OC(=O)Cc1cc(Br)ccc1N. The first-order valence-electron chi connectivity index (χ1n) is 5.04. The summed E-state index contributed by atoms with van der Waals surface area (Å²) in [5, 5.41) is 0. The van der Waals surface area contributed by atoms with Gasteiger partial charge in [0.05, 0.1) is 6.42 Å². The molecule has 16 heavy (non-hydrogen) atoms. The molecule has 0 aliphatic rings. The summed E-state index contributed by atoms with van der Waals surface area (Å²) in [7, 11) is 0. The fourth-order valence-electron chi connectivity index (χ4n) is 1.26. The molecule has 2 N–H and O–H groups in total. The summed E-state index contributed by atoms with van der Waals surface area (Å²) in [5.74, 6) is -0.266. The maximum atomic E-state index is 11.6. The molecule has 0 spiro atoms. The summed E-state index contributed by atoms with van der Waals surface area (Å²) in [6.45, 7) is 5.53. The van der Waals surface area contributed by atoms with Crippen molar-refractivity contribution in [2.75, 3.05) is 5.73 Å². The van der Waals surface area contributed by atoms with Crippen LogP contribution in [-0.2, 0) is 16.0 Å². The molecular weight excluding hydrogens is 270 g/mol. The standard InChI is InChI=1S/C12H16BrNO2/c1-12(2,3)16-11(15)7-8-6-9(13)4-5-10(8)14/h4-6H,7,14H2,1-3H3. The minimum Gasteiger partial charge on any atom is -0.460 e. The Bertz CT molecular complexity index is 396. The molecule has 0 aliphatic heterocycles. The largest absolute Gasteiger partial charge is 0.460 e. The summed E-state index contributed by atoms with van der Waals surface area (Å²) in [4.78, 5) is 11.6. The van der Waals surface area contributed by atoms with Gasteiger partial charge in [-0.3, -0.25) is 4.79 Å². The summed E-state index contributed by atoms with van der Waals surface area (Å²) < 4.78 is 6.13. The smallest absolute Gasteiger partial charge is 0.310 e. The number of hydrogen-bond acceptors (Lipinski definition) is 3. The van der Waals surface area contributed by atoms with E-state index < -0.39 is 5.60 Å². The molecule has 0 unspecified atom stereocenters. The molecule has 0 saturated heterocycles. The molecule has 0 heterocycles. The number of esters is 1. The number of halogens is 1. The van der Waals surface area contributed by atoms with Crippen LogP contribution < -0.4 is 5.73 Å². The van der Waals surface area contributed by atoms with E-state index in [0.717, 1.165) is 10.0 Å². The third kappa shape index (κ3) is 4.23. The maximum Gasteiger partial charge on any atom is 0.310 e. The predicted octanol–water partition coefficient (Wildman–Crippen LogP) is 2.92. The van der Waals surface area contributed by atoms with Crippen LogP contribution >= 0.6 is 15.9 Å². The van der Waals surface area contributed by atoms with Crippen LogP contribution in [0.1, 0.15) is 26.3 Å². The van der Waals surface area contributed by atoms with Crippen LogP contribution in [0, 0.1) is 0 Å². The molecule has 0 aromatic heterocycles. The first-order valence-corrected chi connectivity index (χ1v) is 5.83. The van der Waals surface area contributed by atoms with E-state index in [1.54, 1.807) is 6.07 Å². The minimum absolute atomic E-state index is 0.197. The Balaban J connectivity index is 2.73. The lowest BCUT2D eigenvalue weighted by Gasteiger charge is -2.19. The van der Waals surface area contributed by atoms with Crippen LogP contribution in [-0.4, -0.2) is 11.6 Å². The van der Waals surface area contributed by atoms with E-state index in [-0.39, 0.29) is 12.4 Å². The molecule has 1 rings (SSSR count). The molecule has 0 bridgehead atoms. The number of nitrogens with two attached hydrogens (primary N) is 1. The van der Waals surface area contributed by atoms with E-state index in [4.69, 9.17) is 10.5 Å². The van der Waals surface area contributed by atoms with Gasteiger partial charge in [-0.25, -0.2) is 0 Å². The normalized spacial score (nSPS) is 11.2. The second-order valence-corrected chi connectivity index (χ2v) is 5.52. The monoisotopic (exact) mass is 285 g/mol. The Morgan fingerprint density at radius 1 is 1.44 bits per heavy atom. The van der Waals surface area contributed by atoms with E-state index in [0.29, 0.717) is 5.69 Å². The molecule has 4 heteroatoms. The second kappa shape index (κ2) is 4.87. The highest BCUT2D eigenvalue weighted by Crippen LogP contribution is 2.20. The molecule has 0 aliphatic carbocycles. The molecule has 0 amide bonds. The lowest BCUT2D eigenvalue weighted by atomic mass is 10.1. The number of benzene rings is 1. The fraction of sp³-hybridized carbons (Fsp3) is 0.417. The highest BCUT2D eigenvalue weighted by Gasteiger charge is 2.17. The lowest BCUT2D eigenvalue weighted by Crippen LogP contribution is -2.25. The summed E-state index contributed by atoms with van der Waals surface area (Å²) in [6, 6.07) is 5.44. The van der Waals surface area contributed by atoms with Gasteiger partial charge in [0, 0.05) is 10.2 Å². The van der Waals surface area contributed by atoms with Crippen LogP contribution in [0.5, 0.6) is 0 Å². The summed E-state index contributed by atoms with van der Waals surface area (Å²) >= 11 is 3.34. The van der Waals surface area contributed by atoms with Gasteiger partial charge in [0.1, 0.15) is 5.60 Å². The van der Waals surface area contributed by atoms with E-state index in [1.165, 1.54) is 0 Å². The minimum atomic E-state index is -0.460. The lowest BCUT2D eigenvalue weighted by molar-refractivity contribution is -0.153. The van der Waals surface area contributed by atoms with Crippen molar-refractivity contribution in [1.29, 1.82) is 0 Å². The zero-order chi connectivity index (χ0) is 12.3. The van der Waals surface area contributed by atoms with E-state index in [1.807, 2.05) is 32.9 Å². The van der Waals surface area contributed by atoms with Crippen molar-refractivity contribution in [3.63, 3.8) is 0 Å². The van der Waals surface area contributed by atoms with Gasteiger partial charge >= 0.3 is 5.97 Å². The average Bonchev–Trinajstić information content (AvgIpc) is 2.08. The first-order chi connectivity index (χ1) is 7.28. The molecule has 0 radical (unpaired) electrons. The van der Waals surface area contributed by atoms with Gasteiger partial charge in [-0.1, -0.05) is 15.9 Å². The van der Waals surface area contributed by atoms with Gasteiger partial charge in [0.2, 0.25) is 0 Å². The maximum absolute atomic E-state index is 11.6. The van der Waals surface area contributed by atoms with E-state index >= 15 is 0 Å². The van der Waals surface area contributed by atoms with Crippen LogP contribution in [0.2, 0.25) is 0 Å². The van der Waals surface area contributed by atoms with Crippen molar-refractivity contribution < 1.29 is 9.53 Å². The van der Waals surface area contributed by atoms with Gasteiger partial charge in [-0.2, -0.15) is 0 Å². The van der Waals surface area contributed by atoms with Gasteiger partial charge in [0.15, 0.2) is 0 Å². The predicted molar refractivity (Wildman–Crippen MR) is 68.1 cm³/mol. The van der Waals surface area contributed by atoms with Crippen LogP contribution in [0.15, 0.2) is 22.7 Å². The third-order valence-corrected chi connectivity index (χ3v) is 2.35. The van der Waals surface area contributed by atoms with Gasteiger partial charge in [0.25, 0.3) is 0 Å². The fourth-order valence-corrected chi connectivity index (χ4v) is 1.67. The molecule has 88 valence electrons. The van der Waals surface area contributed by atoms with Gasteiger partial charge in [-0.05, 0) is 44.5 Å². The molecule has 1 aromatic carbocycles. The molecule has 3 nitrogen and oxygen atoms in total. The van der Waals surface area contributed by atoms with Crippen LogP contribution in [0.4, 0.5) is 5.69 Å². The number of hydrogen-bond donors (Lipinski definition) is 1. The summed E-state index contributed by atoms with van der Waals surface area (Å²) in [5.41, 5.74) is 6.70. The topological polar surface area (TPSA) is 52.3 Å². The van der Waals surface area contributed by atoms with Crippen LogP contribution in [0.3, 0.4) is 0 Å². The zero-order valence-corrected chi connectivity index (χ0v) is 11.3. The molecule has 0 saturated carbocycles. The Morgan fingerprint density at radius 2 is 2.06 bits per heavy atom.